The van der Waals surface area contributed by atoms with Crippen molar-refractivity contribution in [2.24, 2.45) is 0 Å². The Morgan fingerprint density at radius 2 is 1.84 bits per heavy atom. The van der Waals surface area contributed by atoms with Crippen LogP contribution in [-0.2, 0) is 14.8 Å². The maximum Gasteiger partial charge on any atom is 0.265 e. The first-order valence-electron chi connectivity index (χ1n) is 7.78. The van der Waals surface area contributed by atoms with Crippen LogP contribution in [0.25, 0.3) is 0 Å². The van der Waals surface area contributed by atoms with Crippen LogP contribution < -0.4 is 19.7 Å². The lowest BCUT2D eigenvalue weighted by Gasteiger charge is -2.30. The van der Waals surface area contributed by atoms with Gasteiger partial charge < -0.3 is 15.0 Å². The monoisotopic (exact) mass is 361 g/mol. The van der Waals surface area contributed by atoms with Crippen molar-refractivity contribution in [2.45, 2.75) is 4.90 Å². The van der Waals surface area contributed by atoms with E-state index in [4.69, 9.17) is 4.74 Å². The zero-order valence-corrected chi connectivity index (χ0v) is 14.5. The lowest BCUT2D eigenvalue weighted by Crippen LogP contribution is -2.47. The summed E-state index contributed by atoms with van der Waals surface area (Å²) in [5.74, 6) is 0.179. The number of piperazine rings is 1. The Morgan fingerprint density at radius 3 is 2.60 bits per heavy atom. The molecule has 25 heavy (non-hydrogen) atoms. The van der Waals surface area contributed by atoms with Crippen molar-refractivity contribution in [3.8, 4) is 5.75 Å². The first-order chi connectivity index (χ1) is 12.0. The lowest BCUT2D eigenvalue weighted by molar-refractivity contribution is -0.120. The fourth-order valence-corrected chi connectivity index (χ4v) is 3.97. The Morgan fingerprint density at radius 1 is 1.12 bits per heavy atom. The van der Waals surface area contributed by atoms with E-state index in [-0.39, 0.29) is 23.1 Å². The van der Waals surface area contributed by atoms with E-state index in [9.17, 15) is 13.2 Å². The molecule has 8 heteroatoms. The largest absolute Gasteiger partial charge is 0.495 e. The summed E-state index contributed by atoms with van der Waals surface area (Å²) >= 11 is 0. The van der Waals surface area contributed by atoms with Crippen LogP contribution in [0.5, 0.6) is 5.75 Å². The minimum atomic E-state index is -3.83. The van der Waals surface area contributed by atoms with Gasteiger partial charge in [0, 0.05) is 13.1 Å². The van der Waals surface area contributed by atoms with Crippen molar-refractivity contribution >= 4 is 27.3 Å². The van der Waals surface area contributed by atoms with Crippen molar-refractivity contribution in [1.29, 1.82) is 0 Å². The van der Waals surface area contributed by atoms with Crippen LogP contribution in [0.1, 0.15) is 0 Å². The second-order valence-electron chi connectivity index (χ2n) is 5.55. The molecule has 1 heterocycles. The molecule has 3 rings (SSSR count). The molecule has 2 aromatic rings. The van der Waals surface area contributed by atoms with Gasteiger partial charge in [0.1, 0.15) is 10.6 Å². The van der Waals surface area contributed by atoms with Crippen LogP contribution in [0, 0.1) is 0 Å². The SMILES string of the molecule is COc1ccccc1S(=O)(=O)Nc1ccccc1N1CCNC(=O)C1. The molecular formula is C17H19N3O4S. The average molecular weight is 361 g/mol. The van der Waals surface area contributed by atoms with Crippen molar-refractivity contribution in [3.63, 3.8) is 0 Å². The van der Waals surface area contributed by atoms with Crippen molar-refractivity contribution < 1.29 is 17.9 Å². The maximum absolute atomic E-state index is 12.8. The summed E-state index contributed by atoms with van der Waals surface area (Å²) in [5.41, 5.74) is 1.08. The summed E-state index contributed by atoms with van der Waals surface area (Å²) in [6.07, 6.45) is 0. The molecule has 0 unspecified atom stereocenters. The highest BCUT2D eigenvalue weighted by Gasteiger charge is 2.23. The van der Waals surface area contributed by atoms with Gasteiger partial charge in [-0.15, -0.1) is 0 Å². The average Bonchev–Trinajstić information content (AvgIpc) is 2.62. The predicted molar refractivity (Wildman–Crippen MR) is 95.5 cm³/mol. The maximum atomic E-state index is 12.8. The third-order valence-electron chi connectivity index (χ3n) is 3.89. The quantitative estimate of drug-likeness (QED) is 0.841. The van der Waals surface area contributed by atoms with Gasteiger partial charge in [-0.25, -0.2) is 8.42 Å². The summed E-state index contributed by atoms with van der Waals surface area (Å²) < 4.78 is 33.3. The van der Waals surface area contributed by atoms with Gasteiger partial charge in [0.2, 0.25) is 5.91 Å². The number of carbonyl (C=O) groups excluding carboxylic acids is 1. The number of anilines is 2. The van der Waals surface area contributed by atoms with E-state index in [1.165, 1.54) is 13.2 Å². The van der Waals surface area contributed by atoms with Crippen LogP contribution in [0.15, 0.2) is 53.4 Å². The number of nitrogens with one attached hydrogen (secondary N) is 2. The fourth-order valence-electron chi connectivity index (χ4n) is 2.72. The highest BCUT2D eigenvalue weighted by atomic mass is 32.2. The van der Waals surface area contributed by atoms with Gasteiger partial charge in [-0.05, 0) is 24.3 Å². The molecule has 1 aliphatic rings. The van der Waals surface area contributed by atoms with E-state index in [1.54, 1.807) is 36.4 Å². The van der Waals surface area contributed by atoms with Crippen molar-refractivity contribution in [2.75, 3.05) is 36.4 Å². The molecule has 1 aliphatic heterocycles. The first kappa shape index (κ1) is 17.1. The zero-order valence-electron chi connectivity index (χ0n) is 13.7. The third-order valence-corrected chi connectivity index (χ3v) is 5.29. The number of para-hydroxylation sites is 3. The molecule has 7 nitrogen and oxygen atoms in total. The molecule has 0 saturated carbocycles. The number of carbonyl (C=O) groups is 1. The van der Waals surface area contributed by atoms with Crippen molar-refractivity contribution in [1.82, 2.24) is 5.32 Å². The number of rotatable bonds is 5. The Hall–Kier alpha value is -2.74. The van der Waals surface area contributed by atoms with Gasteiger partial charge >= 0.3 is 0 Å². The summed E-state index contributed by atoms with van der Waals surface area (Å²) in [6.45, 7) is 1.32. The number of sulfonamides is 1. The minimum absolute atomic E-state index is 0.0590. The number of nitrogens with zero attached hydrogens (tertiary/aromatic N) is 1. The summed E-state index contributed by atoms with van der Waals surface area (Å²) in [7, 11) is -2.41. The Balaban J connectivity index is 1.94. The highest BCUT2D eigenvalue weighted by molar-refractivity contribution is 7.92. The first-order valence-corrected chi connectivity index (χ1v) is 9.26. The second kappa shape index (κ2) is 7.02. The molecule has 1 fully saturated rings. The molecule has 1 amide bonds. The van der Waals surface area contributed by atoms with Gasteiger partial charge in [0.25, 0.3) is 10.0 Å². The van der Waals surface area contributed by atoms with Crippen LogP contribution in [0.4, 0.5) is 11.4 Å². The van der Waals surface area contributed by atoms with Gasteiger partial charge in [0.05, 0.1) is 25.0 Å². The van der Waals surface area contributed by atoms with Crippen LogP contribution in [0.3, 0.4) is 0 Å². The second-order valence-corrected chi connectivity index (χ2v) is 7.20. The molecule has 0 spiro atoms. The Labute approximate surface area is 146 Å². The van der Waals surface area contributed by atoms with Gasteiger partial charge in [-0.1, -0.05) is 24.3 Å². The van der Waals surface area contributed by atoms with E-state index in [1.807, 2.05) is 11.0 Å². The standard InChI is InChI=1S/C17H19N3O4S/c1-24-15-8-4-5-9-16(15)25(22,23)19-13-6-2-3-7-14(13)20-11-10-18-17(21)12-20/h2-9,19H,10-12H2,1H3,(H,18,21). The molecular weight excluding hydrogens is 342 g/mol. The summed E-state index contributed by atoms with van der Waals surface area (Å²) in [5, 5.41) is 2.75. The topological polar surface area (TPSA) is 87.7 Å². The minimum Gasteiger partial charge on any atom is -0.495 e. The predicted octanol–water partition coefficient (Wildman–Crippen LogP) is 1.43. The number of benzene rings is 2. The number of hydrogen-bond donors (Lipinski definition) is 2. The van der Waals surface area contributed by atoms with Crippen LogP contribution in [-0.4, -0.2) is 41.1 Å². The lowest BCUT2D eigenvalue weighted by atomic mass is 10.2. The van der Waals surface area contributed by atoms with Crippen LogP contribution >= 0.6 is 0 Å². The molecule has 0 radical (unpaired) electrons. The Bertz CT molecular complexity index is 883. The molecule has 2 aromatic carbocycles. The molecule has 0 bridgehead atoms. The van der Waals surface area contributed by atoms with E-state index in [0.717, 1.165) is 0 Å². The van der Waals surface area contributed by atoms with E-state index in [2.05, 4.69) is 10.0 Å². The molecule has 0 atom stereocenters. The van der Waals surface area contributed by atoms with Gasteiger partial charge in [0.15, 0.2) is 0 Å². The number of methoxy groups -OCH3 is 1. The summed E-state index contributed by atoms with van der Waals surface area (Å²) in [6, 6.07) is 13.4. The third kappa shape index (κ3) is 3.69. The van der Waals surface area contributed by atoms with E-state index in [0.29, 0.717) is 24.5 Å². The smallest absolute Gasteiger partial charge is 0.265 e. The number of ether oxygens (including phenoxy) is 1. The van der Waals surface area contributed by atoms with Crippen LogP contribution in [0.2, 0.25) is 0 Å². The summed E-state index contributed by atoms with van der Waals surface area (Å²) in [4.78, 5) is 13.5. The molecule has 0 aromatic heterocycles. The Kier molecular flexibility index (Phi) is 4.80. The molecule has 132 valence electrons. The normalized spacial score (nSPS) is 14.8. The van der Waals surface area contributed by atoms with Crippen molar-refractivity contribution in [3.05, 3.63) is 48.5 Å². The van der Waals surface area contributed by atoms with Gasteiger partial charge in [-0.2, -0.15) is 0 Å². The fraction of sp³-hybridized carbons (Fsp3) is 0.235. The zero-order chi connectivity index (χ0) is 17.9. The number of hydrogen-bond acceptors (Lipinski definition) is 5. The molecule has 0 aliphatic carbocycles. The number of amides is 1. The highest BCUT2D eigenvalue weighted by Crippen LogP contribution is 2.30. The van der Waals surface area contributed by atoms with Gasteiger partial charge in [-0.3, -0.25) is 9.52 Å². The molecule has 2 N–H and O–H groups in total. The molecule has 1 saturated heterocycles. The van der Waals surface area contributed by atoms with E-state index >= 15 is 0 Å². The van der Waals surface area contributed by atoms with E-state index < -0.39 is 10.0 Å².